The van der Waals surface area contributed by atoms with Gasteiger partial charge in [-0.05, 0) is 12.1 Å². The van der Waals surface area contributed by atoms with Gasteiger partial charge in [-0.25, -0.2) is 9.97 Å². The average Bonchev–Trinajstić information content (AvgIpc) is 3.05. The topological polar surface area (TPSA) is 82.3 Å². The van der Waals surface area contributed by atoms with Crippen molar-refractivity contribution in [2.45, 2.75) is 5.16 Å². The molecule has 0 saturated heterocycles. The molecule has 3 N–H and O–H groups in total. The third-order valence-corrected chi connectivity index (χ3v) is 3.71. The van der Waals surface area contributed by atoms with Gasteiger partial charge in [-0.1, -0.05) is 23.4 Å². The van der Waals surface area contributed by atoms with E-state index in [1.165, 1.54) is 6.33 Å². The zero-order valence-electron chi connectivity index (χ0n) is 9.85. The Morgan fingerprint density at radius 3 is 3.21 bits per heavy atom. The van der Waals surface area contributed by atoms with Crippen molar-refractivity contribution in [1.82, 2.24) is 25.1 Å². The molecule has 19 heavy (non-hydrogen) atoms. The summed E-state index contributed by atoms with van der Waals surface area (Å²) in [6, 6.07) is 3.74. The highest BCUT2D eigenvalue weighted by Gasteiger charge is 2.04. The molecular formula is C11H11ClN6S. The molecule has 0 aliphatic rings. The first-order chi connectivity index (χ1) is 9.33. The number of nitrogens with one attached hydrogen (secondary N) is 3. The molecule has 3 heterocycles. The standard InChI is InChI=1S/C11H11ClN6S/c12-8-5-9(17-10-7(8)1-2-14-10)13-3-4-19-11-15-6-16-18-11/h1-2,5-6H,3-4H2,(H2,13,14,17)(H,15,16,18). The number of H-pyrrole nitrogens is 2. The quantitative estimate of drug-likeness (QED) is 0.497. The number of hydrogen-bond donors (Lipinski definition) is 3. The number of thioether (sulfide) groups is 1. The lowest BCUT2D eigenvalue weighted by Crippen LogP contribution is -2.05. The monoisotopic (exact) mass is 294 g/mol. The minimum Gasteiger partial charge on any atom is -0.369 e. The van der Waals surface area contributed by atoms with Gasteiger partial charge in [-0.2, -0.15) is 5.10 Å². The molecular weight excluding hydrogens is 284 g/mol. The van der Waals surface area contributed by atoms with Gasteiger partial charge in [0.05, 0.1) is 5.02 Å². The molecule has 0 aliphatic heterocycles. The Morgan fingerprint density at radius 2 is 2.37 bits per heavy atom. The predicted octanol–water partition coefficient (Wildman–Crippen LogP) is 2.54. The third-order valence-electron chi connectivity index (χ3n) is 2.52. The van der Waals surface area contributed by atoms with E-state index < -0.39 is 0 Å². The minimum absolute atomic E-state index is 0.691. The Bertz CT molecular complexity index is 665. The maximum Gasteiger partial charge on any atom is 0.183 e. The van der Waals surface area contributed by atoms with Gasteiger partial charge in [0, 0.05) is 23.9 Å². The summed E-state index contributed by atoms with van der Waals surface area (Å²) in [5.74, 6) is 1.62. The van der Waals surface area contributed by atoms with Crippen LogP contribution < -0.4 is 5.32 Å². The van der Waals surface area contributed by atoms with Crippen molar-refractivity contribution in [1.29, 1.82) is 0 Å². The zero-order chi connectivity index (χ0) is 13.1. The van der Waals surface area contributed by atoms with E-state index in [4.69, 9.17) is 11.6 Å². The number of aromatic nitrogens is 5. The summed E-state index contributed by atoms with van der Waals surface area (Å²) in [6.07, 6.45) is 3.32. The van der Waals surface area contributed by atoms with Crippen LogP contribution in [0.25, 0.3) is 11.0 Å². The van der Waals surface area contributed by atoms with Gasteiger partial charge in [-0.3, -0.25) is 5.10 Å². The third kappa shape index (κ3) is 2.82. The van der Waals surface area contributed by atoms with Gasteiger partial charge in [0.2, 0.25) is 0 Å². The first kappa shape index (κ1) is 12.3. The Labute approximate surface area is 118 Å². The highest BCUT2D eigenvalue weighted by atomic mass is 35.5. The van der Waals surface area contributed by atoms with E-state index in [2.05, 4.69) is 30.5 Å². The number of rotatable bonds is 5. The van der Waals surface area contributed by atoms with E-state index in [9.17, 15) is 0 Å². The number of hydrogen-bond acceptors (Lipinski definition) is 5. The summed E-state index contributed by atoms with van der Waals surface area (Å²) in [6.45, 7) is 0.765. The van der Waals surface area contributed by atoms with Crippen molar-refractivity contribution < 1.29 is 0 Å². The second-order valence-corrected chi connectivity index (χ2v) is 5.29. The lowest BCUT2D eigenvalue weighted by molar-refractivity contribution is 0.972. The number of aromatic amines is 2. The summed E-state index contributed by atoms with van der Waals surface area (Å²) in [7, 11) is 0. The van der Waals surface area contributed by atoms with Crippen LogP contribution in [0.1, 0.15) is 0 Å². The fraction of sp³-hybridized carbons (Fsp3) is 0.182. The van der Waals surface area contributed by atoms with Gasteiger partial charge >= 0.3 is 0 Å². The van der Waals surface area contributed by atoms with E-state index >= 15 is 0 Å². The van der Waals surface area contributed by atoms with Crippen LogP contribution in [-0.2, 0) is 0 Å². The van der Waals surface area contributed by atoms with Gasteiger partial charge in [0.15, 0.2) is 5.16 Å². The predicted molar refractivity (Wildman–Crippen MR) is 76.7 cm³/mol. The zero-order valence-corrected chi connectivity index (χ0v) is 11.4. The number of fused-ring (bicyclic) bond motifs is 1. The number of anilines is 1. The largest absolute Gasteiger partial charge is 0.369 e. The number of pyridine rings is 1. The molecule has 0 bridgehead atoms. The van der Waals surface area contributed by atoms with Crippen LogP contribution in [0, 0.1) is 0 Å². The van der Waals surface area contributed by atoms with Crippen LogP contribution in [0.3, 0.4) is 0 Å². The molecule has 0 aliphatic carbocycles. The molecule has 0 fully saturated rings. The molecule has 0 atom stereocenters. The molecule has 0 amide bonds. The summed E-state index contributed by atoms with van der Waals surface area (Å²) < 4.78 is 0. The normalized spacial score (nSPS) is 11.0. The summed E-state index contributed by atoms with van der Waals surface area (Å²) in [5, 5.41) is 12.3. The number of nitrogens with zero attached hydrogens (tertiary/aromatic N) is 3. The Balaban J connectivity index is 1.59. The molecule has 0 spiro atoms. The van der Waals surface area contributed by atoms with Gasteiger partial charge in [0.1, 0.15) is 17.8 Å². The maximum atomic E-state index is 6.17. The Morgan fingerprint density at radius 1 is 1.42 bits per heavy atom. The molecule has 8 heteroatoms. The fourth-order valence-corrected chi connectivity index (χ4v) is 2.57. The highest BCUT2D eigenvalue weighted by Crippen LogP contribution is 2.24. The van der Waals surface area contributed by atoms with Crippen LogP contribution in [-0.4, -0.2) is 37.4 Å². The van der Waals surface area contributed by atoms with E-state index in [1.807, 2.05) is 18.3 Å². The molecule has 3 rings (SSSR count). The van der Waals surface area contributed by atoms with E-state index in [-0.39, 0.29) is 0 Å². The lowest BCUT2D eigenvalue weighted by atomic mass is 10.3. The maximum absolute atomic E-state index is 6.17. The molecule has 0 unspecified atom stereocenters. The van der Waals surface area contributed by atoms with Crippen LogP contribution in [0.5, 0.6) is 0 Å². The molecule has 98 valence electrons. The lowest BCUT2D eigenvalue weighted by Gasteiger charge is -2.05. The molecule has 6 nitrogen and oxygen atoms in total. The molecule has 3 aromatic heterocycles. The fourth-order valence-electron chi connectivity index (χ4n) is 1.68. The van der Waals surface area contributed by atoms with Gasteiger partial charge in [-0.15, -0.1) is 0 Å². The van der Waals surface area contributed by atoms with E-state index in [1.54, 1.807) is 11.8 Å². The SMILES string of the molecule is Clc1cc(NCCSc2ncn[nH]2)nc2[nH]ccc12. The van der Waals surface area contributed by atoms with Crippen molar-refractivity contribution in [3.63, 3.8) is 0 Å². The summed E-state index contributed by atoms with van der Waals surface area (Å²) >= 11 is 7.76. The smallest absolute Gasteiger partial charge is 0.183 e. The molecule has 3 aromatic rings. The van der Waals surface area contributed by atoms with Crippen molar-refractivity contribution in [3.05, 3.63) is 29.7 Å². The molecule has 0 saturated carbocycles. The van der Waals surface area contributed by atoms with Crippen molar-refractivity contribution in [2.24, 2.45) is 0 Å². The highest BCUT2D eigenvalue weighted by molar-refractivity contribution is 7.99. The minimum atomic E-state index is 0.691. The molecule has 0 radical (unpaired) electrons. The van der Waals surface area contributed by atoms with Gasteiger partial charge < -0.3 is 10.3 Å². The van der Waals surface area contributed by atoms with Crippen molar-refractivity contribution >= 4 is 40.2 Å². The summed E-state index contributed by atoms with van der Waals surface area (Å²) in [4.78, 5) is 11.5. The summed E-state index contributed by atoms with van der Waals surface area (Å²) in [5.41, 5.74) is 0.790. The second-order valence-electron chi connectivity index (χ2n) is 3.80. The van der Waals surface area contributed by atoms with Crippen molar-refractivity contribution in [2.75, 3.05) is 17.6 Å². The first-order valence-electron chi connectivity index (χ1n) is 5.68. The Hall–Kier alpha value is -1.73. The van der Waals surface area contributed by atoms with Crippen LogP contribution in [0.2, 0.25) is 5.02 Å². The van der Waals surface area contributed by atoms with E-state index in [0.717, 1.165) is 34.3 Å². The second kappa shape index (κ2) is 5.50. The Kier molecular flexibility index (Phi) is 3.56. The van der Waals surface area contributed by atoms with Crippen molar-refractivity contribution in [3.8, 4) is 0 Å². The van der Waals surface area contributed by atoms with Gasteiger partial charge in [0.25, 0.3) is 0 Å². The average molecular weight is 295 g/mol. The molecule has 0 aromatic carbocycles. The van der Waals surface area contributed by atoms with E-state index in [0.29, 0.717) is 5.02 Å². The van der Waals surface area contributed by atoms with Crippen LogP contribution in [0.15, 0.2) is 29.8 Å². The van der Waals surface area contributed by atoms with Crippen LogP contribution >= 0.6 is 23.4 Å². The number of halogens is 1. The van der Waals surface area contributed by atoms with Crippen LogP contribution in [0.4, 0.5) is 5.82 Å². The first-order valence-corrected chi connectivity index (χ1v) is 7.05.